The largest absolute Gasteiger partial charge is 0.370 e. The van der Waals surface area contributed by atoms with Crippen LogP contribution in [-0.2, 0) is 9.53 Å². The van der Waals surface area contributed by atoms with Crippen LogP contribution >= 0.6 is 0 Å². The Balaban J connectivity index is 2.22. The van der Waals surface area contributed by atoms with E-state index < -0.39 is 6.67 Å². The summed E-state index contributed by atoms with van der Waals surface area (Å²) >= 11 is 0. The topological polar surface area (TPSA) is 26.3 Å². The van der Waals surface area contributed by atoms with Crippen molar-refractivity contribution < 1.29 is 13.9 Å². The third kappa shape index (κ3) is 1.75. The molecule has 0 saturated carbocycles. The van der Waals surface area contributed by atoms with Crippen molar-refractivity contribution in [3.63, 3.8) is 0 Å². The zero-order valence-corrected chi connectivity index (χ0v) is 5.10. The third-order valence-corrected chi connectivity index (χ3v) is 1.37. The number of hydrogen-bond acceptors (Lipinski definition) is 2. The van der Waals surface area contributed by atoms with Crippen molar-refractivity contribution in [3.05, 3.63) is 0 Å². The van der Waals surface area contributed by atoms with Gasteiger partial charge in [-0.1, -0.05) is 0 Å². The monoisotopic (exact) mass is 132 g/mol. The first-order valence-corrected chi connectivity index (χ1v) is 3.02. The molecule has 1 aliphatic rings. The van der Waals surface area contributed by atoms with Crippen LogP contribution in [0.4, 0.5) is 4.39 Å². The Morgan fingerprint density at radius 2 is 2.56 bits per heavy atom. The fourth-order valence-corrected chi connectivity index (χ4v) is 0.890. The average molecular weight is 132 g/mol. The van der Waals surface area contributed by atoms with Crippen LogP contribution < -0.4 is 0 Å². The van der Waals surface area contributed by atoms with Crippen molar-refractivity contribution in [3.8, 4) is 0 Å². The molecular weight excluding hydrogens is 123 g/mol. The van der Waals surface area contributed by atoms with E-state index >= 15 is 0 Å². The van der Waals surface area contributed by atoms with Crippen molar-refractivity contribution >= 4 is 5.78 Å². The van der Waals surface area contributed by atoms with Crippen LogP contribution in [0.5, 0.6) is 0 Å². The predicted octanol–water partition coefficient (Wildman–Crippen LogP) is 0.704. The molecule has 3 heteroatoms. The molecule has 2 nitrogen and oxygen atoms in total. The fraction of sp³-hybridized carbons (Fsp3) is 0.833. The first-order chi connectivity index (χ1) is 4.33. The lowest BCUT2D eigenvalue weighted by atomic mass is 10.2. The van der Waals surface area contributed by atoms with Gasteiger partial charge in [-0.2, -0.15) is 0 Å². The number of Topliss-reactive ketones (excluding diaryl/α,β-unsaturated/α-hetero) is 1. The molecule has 1 fully saturated rings. The van der Waals surface area contributed by atoms with E-state index in [4.69, 9.17) is 4.74 Å². The lowest BCUT2D eigenvalue weighted by Gasteiger charge is -2.01. The molecule has 52 valence electrons. The minimum absolute atomic E-state index is 0.0912. The van der Waals surface area contributed by atoms with Gasteiger partial charge in [0.2, 0.25) is 0 Å². The summed E-state index contributed by atoms with van der Waals surface area (Å²) < 4.78 is 16.5. The number of hydrogen-bond donors (Lipinski definition) is 0. The molecule has 0 aromatic heterocycles. The molecule has 0 N–H and O–H groups in total. The lowest BCUT2D eigenvalue weighted by Crippen LogP contribution is -2.05. The van der Waals surface area contributed by atoms with Gasteiger partial charge in [-0.3, -0.25) is 9.18 Å². The summed E-state index contributed by atoms with van der Waals surface area (Å²) in [4.78, 5) is 10.5. The maximum atomic E-state index is 11.6. The molecule has 1 saturated heterocycles. The Morgan fingerprint density at radius 1 is 1.78 bits per heavy atom. The van der Waals surface area contributed by atoms with Crippen LogP contribution in [0.25, 0.3) is 0 Å². The van der Waals surface area contributed by atoms with Crippen LogP contribution in [0.2, 0.25) is 0 Å². The molecule has 1 aliphatic heterocycles. The number of ketones is 1. The molecule has 1 atom stereocenters. The van der Waals surface area contributed by atoms with Gasteiger partial charge in [-0.15, -0.1) is 0 Å². The standard InChI is InChI=1S/C6H9FO2/c7-2-1-6-3-5(8)4-9-6/h6H,1-4H2/t6-/m0/s1. The number of ether oxygens (including phenoxy) is 1. The fourth-order valence-electron chi connectivity index (χ4n) is 0.890. The molecule has 0 unspecified atom stereocenters. The van der Waals surface area contributed by atoms with Crippen molar-refractivity contribution in [2.75, 3.05) is 13.3 Å². The van der Waals surface area contributed by atoms with Gasteiger partial charge in [0.15, 0.2) is 5.78 Å². The third-order valence-electron chi connectivity index (χ3n) is 1.37. The highest BCUT2D eigenvalue weighted by Gasteiger charge is 2.21. The molecule has 1 heterocycles. The van der Waals surface area contributed by atoms with Crippen LogP contribution in [0.1, 0.15) is 12.8 Å². The van der Waals surface area contributed by atoms with E-state index in [2.05, 4.69) is 0 Å². The van der Waals surface area contributed by atoms with Crippen molar-refractivity contribution in [2.24, 2.45) is 0 Å². The highest BCUT2D eigenvalue weighted by atomic mass is 19.1. The Hall–Kier alpha value is -0.440. The number of carbonyl (C=O) groups excluding carboxylic acids is 1. The van der Waals surface area contributed by atoms with Gasteiger partial charge in [-0.05, 0) is 0 Å². The second-order valence-corrected chi connectivity index (χ2v) is 2.15. The molecular formula is C6H9FO2. The van der Waals surface area contributed by atoms with Gasteiger partial charge < -0.3 is 4.74 Å². The molecule has 1 rings (SSSR count). The Kier molecular flexibility index (Phi) is 2.16. The van der Waals surface area contributed by atoms with E-state index in [0.29, 0.717) is 12.8 Å². The maximum Gasteiger partial charge on any atom is 0.161 e. The van der Waals surface area contributed by atoms with Gasteiger partial charge in [0.1, 0.15) is 6.61 Å². The zero-order valence-electron chi connectivity index (χ0n) is 5.10. The zero-order chi connectivity index (χ0) is 6.69. The Morgan fingerprint density at radius 3 is 3.00 bits per heavy atom. The molecule has 0 spiro atoms. The summed E-state index contributed by atoms with van der Waals surface area (Å²) in [6.07, 6.45) is 0.637. The minimum atomic E-state index is -0.391. The molecule has 0 amide bonds. The van der Waals surface area contributed by atoms with Crippen molar-refractivity contribution in [2.45, 2.75) is 18.9 Å². The number of halogens is 1. The first-order valence-electron chi connectivity index (χ1n) is 3.02. The van der Waals surface area contributed by atoms with E-state index in [-0.39, 0.29) is 18.5 Å². The summed E-state index contributed by atoms with van der Waals surface area (Å²) in [5.74, 6) is 0.0912. The van der Waals surface area contributed by atoms with Gasteiger partial charge in [0, 0.05) is 12.8 Å². The molecule has 0 bridgehead atoms. The van der Waals surface area contributed by atoms with Crippen LogP contribution in [-0.4, -0.2) is 25.2 Å². The summed E-state index contributed by atoms with van der Waals surface area (Å²) in [7, 11) is 0. The quantitative estimate of drug-likeness (QED) is 0.553. The normalized spacial score (nSPS) is 27.2. The summed E-state index contributed by atoms with van der Waals surface area (Å²) in [5, 5.41) is 0. The number of rotatable bonds is 2. The minimum Gasteiger partial charge on any atom is -0.370 e. The van der Waals surface area contributed by atoms with E-state index in [1.165, 1.54) is 0 Å². The highest BCUT2D eigenvalue weighted by Crippen LogP contribution is 2.11. The first kappa shape index (κ1) is 6.68. The van der Waals surface area contributed by atoms with Crippen molar-refractivity contribution in [1.29, 1.82) is 0 Å². The Labute approximate surface area is 53.0 Å². The predicted molar refractivity (Wildman–Crippen MR) is 30.0 cm³/mol. The molecule has 0 radical (unpaired) electrons. The van der Waals surface area contributed by atoms with Crippen molar-refractivity contribution in [1.82, 2.24) is 0 Å². The molecule has 0 aromatic carbocycles. The summed E-state index contributed by atoms with van der Waals surface area (Å²) in [5.41, 5.74) is 0. The van der Waals surface area contributed by atoms with Gasteiger partial charge in [-0.25, -0.2) is 0 Å². The number of alkyl halides is 1. The second-order valence-electron chi connectivity index (χ2n) is 2.15. The van der Waals surface area contributed by atoms with Crippen LogP contribution in [0.15, 0.2) is 0 Å². The maximum absolute atomic E-state index is 11.6. The van der Waals surface area contributed by atoms with Gasteiger partial charge in [0.05, 0.1) is 12.8 Å². The molecule has 0 aromatic rings. The number of carbonyl (C=O) groups is 1. The summed E-state index contributed by atoms with van der Waals surface area (Å²) in [6.45, 7) is -0.206. The van der Waals surface area contributed by atoms with Gasteiger partial charge >= 0.3 is 0 Å². The molecule has 9 heavy (non-hydrogen) atoms. The molecule has 0 aliphatic carbocycles. The Bertz CT molecular complexity index is 114. The van der Waals surface area contributed by atoms with Crippen LogP contribution in [0.3, 0.4) is 0 Å². The lowest BCUT2D eigenvalue weighted by molar-refractivity contribution is -0.117. The van der Waals surface area contributed by atoms with E-state index in [1.54, 1.807) is 0 Å². The second kappa shape index (κ2) is 2.92. The van der Waals surface area contributed by atoms with E-state index in [1.807, 2.05) is 0 Å². The summed E-state index contributed by atoms with van der Waals surface area (Å²) in [6, 6.07) is 0. The smallest absolute Gasteiger partial charge is 0.161 e. The SMILES string of the molecule is O=C1CO[C@@H](CCF)C1. The van der Waals surface area contributed by atoms with E-state index in [0.717, 1.165) is 0 Å². The van der Waals surface area contributed by atoms with Crippen LogP contribution in [0, 0.1) is 0 Å². The van der Waals surface area contributed by atoms with E-state index in [9.17, 15) is 9.18 Å². The van der Waals surface area contributed by atoms with Gasteiger partial charge in [0.25, 0.3) is 0 Å². The highest BCUT2D eigenvalue weighted by molar-refractivity contribution is 5.81. The average Bonchev–Trinajstić information content (AvgIpc) is 2.17.